The fourth-order valence-corrected chi connectivity index (χ4v) is 1.68. The number of nitrogens with one attached hydrogen (secondary N) is 1. The van der Waals surface area contributed by atoms with Crippen LogP contribution in [0.1, 0.15) is 5.56 Å². The smallest absolute Gasteiger partial charge is 0.313 e. The molecule has 2 aromatic rings. The molecule has 0 aliphatic carbocycles. The summed E-state index contributed by atoms with van der Waals surface area (Å²) < 4.78 is 38.8. The van der Waals surface area contributed by atoms with Crippen LogP contribution in [0.3, 0.4) is 0 Å². The summed E-state index contributed by atoms with van der Waals surface area (Å²) in [5, 5.41) is -0.227. The zero-order valence-corrected chi connectivity index (χ0v) is 8.91. The molecule has 0 bridgehead atoms. The van der Waals surface area contributed by atoms with Crippen molar-refractivity contribution in [2.75, 3.05) is 0 Å². The summed E-state index contributed by atoms with van der Waals surface area (Å²) in [4.78, 5) is 25.2. The SMILES string of the molecule is NCn1c(=O)[nH]c2c(C(F)(F)F)cccc2c1=O. The average molecular weight is 259 g/mol. The number of aromatic amines is 1. The Kier molecular flexibility index (Phi) is 2.74. The third-order valence-electron chi connectivity index (χ3n) is 2.51. The highest BCUT2D eigenvalue weighted by atomic mass is 19.4. The lowest BCUT2D eigenvalue weighted by Crippen LogP contribution is -2.37. The number of hydrogen-bond donors (Lipinski definition) is 2. The first-order valence-corrected chi connectivity index (χ1v) is 4.89. The van der Waals surface area contributed by atoms with Crippen molar-refractivity contribution in [3.05, 3.63) is 44.6 Å². The Morgan fingerprint density at radius 1 is 1.28 bits per heavy atom. The Morgan fingerprint density at radius 2 is 1.94 bits per heavy atom. The molecule has 0 saturated carbocycles. The summed E-state index contributed by atoms with van der Waals surface area (Å²) in [5.41, 5.74) is 1.80. The van der Waals surface area contributed by atoms with E-state index in [0.29, 0.717) is 4.57 Å². The van der Waals surface area contributed by atoms with E-state index in [1.807, 2.05) is 4.98 Å². The Labute approximate surface area is 97.7 Å². The van der Waals surface area contributed by atoms with Gasteiger partial charge >= 0.3 is 11.9 Å². The second kappa shape index (κ2) is 3.98. The minimum atomic E-state index is -4.65. The van der Waals surface area contributed by atoms with Gasteiger partial charge in [-0.2, -0.15) is 13.2 Å². The molecule has 1 aromatic carbocycles. The van der Waals surface area contributed by atoms with Crippen LogP contribution in [0.4, 0.5) is 13.2 Å². The van der Waals surface area contributed by atoms with Gasteiger partial charge < -0.3 is 10.7 Å². The molecule has 1 aromatic heterocycles. The number of rotatable bonds is 1. The lowest BCUT2D eigenvalue weighted by Gasteiger charge is -2.10. The molecule has 1 heterocycles. The highest BCUT2D eigenvalue weighted by Gasteiger charge is 2.33. The second-order valence-corrected chi connectivity index (χ2v) is 3.57. The standard InChI is InChI=1S/C10H8F3N3O2/c11-10(12,13)6-3-1-2-5-7(6)15-9(18)16(4-14)8(5)17/h1-3H,4,14H2,(H,15,18). The molecule has 0 atom stereocenters. The number of nitrogens with zero attached hydrogens (tertiary/aromatic N) is 1. The Hall–Kier alpha value is -2.09. The van der Waals surface area contributed by atoms with Crippen LogP contribution < -0.4 is 17.0 Å². The van der Waals surface area contributed by atoms with Gasteiger partial charge in [-0.05, 0) is 12.1 Å². The summed E-state index contributed by atoms with van der Waals surface area (Å²) >= 11 is 0. The van der Waals surface area contributed by atoms with E-state index in [-0.39, 0.29) is 5.39 Å². The topological polar surface area (TPSA) is 80.9 Å². The van der Waals surface area contributed by atoms with Crippen LogP contribution in [-0.2, 0) is 12.8 Å². The number of alkyl halides is 3. The van der Waals surface area contributed by atoms with Crippen LogP contribution >= 0.6 is 0 Å². The van der Waals surface area contributed by atoms with Gasteiger partial charge in [0.2, 0.25) is 0 Å². The fourth-order valence-electron chi connectivity index (χ4n) is 1.68. The fraction of sp³-hybridized carbons (Fsp3) is 0.200. The van der Waals surface area contributed by atoms with E-state index in [1.54, 1.807) is 0 Å². The molecule has 0 radical (unpaired) electrons. The van der Waals surface area contributed by atoms with Crippen LogP contribution in [0.25, 0.3) is 10.9 Å². The Morgan fingerprint density at radius 3 is 2.50 bits per heavy atom. The van der Waals surface area contributed by atoms with Crippen molar-refractivity contribution in [1.82, 2.24) is 9.55 Å². The summed E-state index contributed by atoms with van der Waals surface area (Å²) in [7, 11) is 0. The monoisotopic (exact) mass is 259 g/mol. The predicted octanol–water partition coefficient (Wildman–Crippen LogP) is 0.625. The molecule has 0 saturated heterocycles. The zero-order chi connectivity index (χ0) is 13.5. The lowest BCUT2D eigenvalue weighted by atomic mass is 10.1. The van der Waals surface area contributed by atoms with Gasteiger partial charge in [0.25, 0.3) is 5.56 Å². The molecule has 0 spiro atoms. The van der Waals surface area contributed by atoms with E-state index in [4.69, 9.17) is 5.73 Å². The number of H-pyrrole nitrogens is 1. The van der Waals surface area contributed by atoms with E-state index >= 15 is 0 Å². The maximum atomic E-state index is 12.7. The molecule has 0 unspecified atom stereocenters. The van der Waals surface area contributed by atoms with Gasteiger partial charge in [0.05, 0.1) is 23.1 Å². The van der Waals surface area contributed by atoms with Crippen LogP contribution in [0.5, 0.6) is 0 Å². The molecule has 0 fully saturated rings. The largest absolute Gasteiger partial charge is 0.418 e. The second-order valence-electron chi connectivity index (χ2n) is 3.57. The van der Waals surface area contributed by atoms with Crippen molar-refractivity contribution >= 4 is 10.9 Å². The van der Waals surface area contributed by atoms with Crippen LogP contribution in [0.2, 0.25) is 0 Å². The molecule has 96 valence electrons. The Bertz CT molecular complexity index is 715. The van der Waals surface area contributed by atoms with E-state index in [0.717, 1.165) is 12.1 Å². The first-order chi connectivity index (χ1) is 8.36. The maximum Gasteiger partial charge on any atom is 0.418 e. The molecular formula is C10H8F3N3O2. The van der Waals surface area contributed by atoms with E-state index in [2.05, 4.69) is 0 Å². The van der Waals surface area contributed by atoms with Crippen molar-refractivity contribution in [2.24, 2.45) is 5.73 Å². The van der Waals surface area contributed by atoms with E-state index < -0.39 is 35.2 Å². The summed E-state index contributed by atoms with van der Waals surface area (Å²) in [6.07, 6.45) is -4.65. The first kappa shape index (κ1) is 12.4. The molecule has 5 nitrogen and oxygen atoms in total. The van der Waals surface area contributed by atoms with Gasteiger partial charge in [0.1, 0.15) is 0 Å². The average Bonchev–Trinajstić information content (AvgIpc) is 2.27. The summed E-state index contributed by atoms with van der Waals surface area (Å²) in [6.45, 7) is -0.402. The minimum absolute atomic E-state index is 0.227. The van der Waals surface area contributed by atoms with E-state index in [1.165, 1.54) is 6.07 Å². The quantitative estimate of drug-likeness (QED) is 0.788. The number of benzene rings is 1. The van der Waals surface area contributed by atoms with Gasteiger partial charge in [-0.15, -0.1) is 0 Å². The molecule has 0 aliphatic rings. The number of aromatic nitrogens is 2. The number of fused-ring (bicyclic) bond motifs is 1. The Balaban J connectivity index is 2.98. The third-order valence-corrected chi connectivity index (χ3v) is 2.51. The van der Waals surface area contributed by atoms with Crippen molar-refractivity contribution < 1.29 is 13.2 Å². The van der Waals surface area contributed by atoms with Gasteiger partial charge in [0.15, 0.2) is 0 Å². The number of para-hydroxylation sites is 1. The summed E-state index contributed by atoms with van der Waals surface area (Å²) in [6, 6.07) is 3.10. The van der Waals surface area contributed by atoms with Gasteiger partial charge in [-0.3, -0.25) is 4.79 Å². The predicted molar refractivity (Wildman–Crippen MR) is 58.0 cm³/mol. The molecule has 3 N–H and O–H groups in total. The number of nitrogens with two attached hydrogens (primary N) is 1. The highest BCUT2D eigenvalue weighted by Crippen LogP contribution is 2.32. The third kappa shape index (κ3) is 1.80. The van der Waals surface area contributed by atoms with Gasteiger partial charge in [-0.25, -0.2) is 9.36 Å². The molecule has 2 rings (SSSR count). The molecule has 18 heavy (non-hydrogen) atoms. The van der Waals surface area contributed by atoms with Crippen molar-refractivity contribution in [3.8, 4) is 0 Å². The van der Waals surface area contributed by atoms with Crippen LogP contribution in [0, 0.1) is 0 Å². The maximum absolute atomic E-state index is 12.7. The highest BCUT2D eigenvalue weighted by molar-refractivity contribution is 5.81. The van der Waals surface area contributed by atoms with Crippen LogP contribution in [0.15, 0.2) is 27.8 Å². The summed E-state index contributed by atoms with van der Waals surface area (Å²) in [5.74, 6) is 0. The molecule has 0 amide bonds. The van der Waals surface area contributed by atoms with Gasteiger partial charge in [0, 0.05) is 0 Å². The zero-order valence-electron chi connectivity index (χ0n) is 8.91. The molecule has 0 aliphatic heterocycles. The first-order valence-electron chi connectivity index (χ1n) is 4.89. The normalized spacial score (nSPS) is 12.0. The van der Waals surface area contributed by atoms with Crippen molar-refractivity contribution in [1.29, 1.82) is 0 Å². The number of hydrogen-bond acceptors (Lipinski definition) is 3. The molecular weight excluding hydrogens is 251 g/mol. The van der Waals surface area contributed by atoms with Crippen molar-refractivity contribution in [3.63, 3.8) is 0 Å². The van der Waals surface area contributed by atoms with Crippen LogP contribution in [-0.4, -0.2) is 9.55 Å². The lowest BCUT2D eigenvalue weighted by molar-refractivity contribution is -0.136. The molecule has 8 heteroatoms. The minimum Gasteiger partial charge on any atom is -0.313 e. The van der Waals surface area contributed by atoms with Crippen molar-refractivity contribution in [2.45, 2.75) is 12.8 Å². The van der Waals surface area contributed by atoms with E-state index in [9.17, 15) is 22.8 Å². The van der Waals surface area contributed by atoms with Gasteiger partial charge in [-0.1, -0.05) is 6.07 Å². The number of halogens is 3.